The van der Waals surface area contributed by atoms with E-state index in [2.05, 4.69) is 10.6 Å². The van der Waals surface area contributed by atoms with Gasteiger partial charge in [-0.2, -0.15) is 5.26 Å². The highest BCUT2D eigenvalue weighted by Crippen LogP contribution is 2.44. The summed E-state index contributed by atoms with van der Waals surface area (Å²) in [6, 6.07) is 17.0. The number of unbranched alkanes of at least 4 members (excludes halogenated alkanes) is 1. The molecule has 170 valence electrons. The van der Waals surface area contributed by atoms with Crippen molar-refractivity contribution in [1.82, 2.24) is 10.6 Å². The summed E-state index contributed by atoms with van der Waals surface area (Å²) < 4.78 is 5.51. The highest BCUT2D eigenvalue weighted by Gasteiger charge is 2.52. The number of alkyl carbamates (subject to hydrolysis) is 1. The monoisotopic (exact) mass is 447 g/mol. The van der Waals surface area contributed by atoms with Gasteiger partial charge < -0.3 is 20.5 Å². The van der Waals surface area contributed by atoms with E-state index >= 15 is 0 Å². The van der Waals surface area contributed by atoms with Gasteiger partial charge in [0.15, 0.2) is 0 Å². The van der Waals surface area contributed by atoms with Crippen molar-refractivity contribution < 1.29 is 24.2 Å². The molecule has 0 aromatic heterocycles. The quantitative estimate of drug-likeness (QED) is 0.506. The zero-order chi connectivity index (χ0) is 23.4. The highest BCUT2D eigenvalue weighted by molar-refractivity contribution is 5.93. The molecule has 0 aliphatic heterocycles. The number of nitrogens with one attached hydrogen (secondary N) is 2. The van der Waals surface area contributed by atoms with Crippen LogP contribution in [0, 0.1) is 11.3 Å². The number of nitriles is 1. The number of carboxylic acids is 1. The van der Waals surface area contributed by atoms with E-state index in [1.165, 1.54) is 0 Å². The van der Waals surface area contributed by atoms with Crippen LogP contribution < -0.4 is 10.6 Å². The Morgan fingerprint density at radius 3 is 2.24 bits per heavy atom. The lowest BCUT2D eigenvalue weighted by Crippen LogP contribution is -2.53. The van der Waals surface area contributed by atoms with Crippen LogP contribution in [0.4, 0.5) is 4.79 Å². The van der Waals surface area contributed by atoms with Gasteiger partial charge in [0.1, 0.15) is 18.2 Å². The third kappa shape index (κ3) is 4.67. The number of aliphatic carboxylic acids is 1. The Kier molecular flexibility index (Phi) is 6.31. The SMILES string of the molecule is N#CCCCC(NC(=O)OCC1c2ccccc2-c2ccccc21)C(=O)NC1(C(=O)O)CC1. The average Bonchev–Trinajstić information content (AvgIpc) is 3.53. The second kappa shape index (κ2) is 9.33. The number of fused-ring (bicyclic) bond motifs is 3. The van der Waals surface area contributed by atoms with E-state index in [4.69, 9.17) is 10.00 Å². The topological polar surface area (TPSA) is 129 Å². The molecule has 3 N–H and O–H groups in total. The third-order valence-electron chi connectivity index (χ3n) is 6.26. The lowest BCUT2D eigenvalue weighted by atomic mass is 9.98. The van der Waals surface area contributed by atoms with E-state index in [0.29, 0.717) is 19.3 Å². The number of rotatable bonds is 9. The third-order valence-corrected chi connectivity index (χ3v) is 6.26. The van der Waals surface area contributed by atoms with Gasteiger partial charge >= 0.3 is 12.1 Å². The van der Waals surface area contributed by atoms with Gasteiger partial charge in [0, 0.05) is 12.3 Å². The summed E-state index contributed by atoms with van der Waals surface area (Å²) in [7, 11) is 0. The van der Waals surface area contributed by atoms with E-state index in [-0.39, 0.29) is 25.4 Å². The van der Waals surface area contributed by atoms with Crippen LogP contribution in [0.1, 0.15) is 49.1 Å². The minimum atomic E-state index is -1.26. The Hall–Kier alpha value is -3.86. The average molecular weight is 447 g/mol. The van der Waals surface area contributed by atoms with Crippen molar-refractivity contribution >= 4 is 18.0 Å². The minimum absolute atomic E-state index is 0.103. The molecule has 2 aromatic carbocycles. The molecule has 8 heteroatoms. The van der Waals surface area contributed by atoms with Crippen molar-refractivity contribution in [1.29, 1.82) is 5.26 Å². The molecule has 8 nitrogen and oxygen atoms in total. The minimum Gasteiger partial charge on any atom is -0.480 e. The summed E-state index contributed by atoms with van der Waals surface area (Å²) in [5, 5.41) is 23.2. The number of hydrogen-bond donors (Lipinski definition) is 3. The number of carboxylic acid groups (broad SMARTS) is 1. The molecule has 1 saturated carbocycles. The van der Waals surface area contributed by atoms with Gasteiger partial charge in [0.2, 0.25) is 5.91 Å². The molecule has 0 radical (unpaired) electrons. The maximum atomic E-state index is 12.7. The van der Waals surface area contributed by atoms with Crippen molar-refractivity contribution in [3.8, 4) is 17.2 Å². The number of carbonyl (C=O) groups is 3. The van der Waals surface area contributed by atoms with Gasteiger partial charge in [0.05, 0.1) is 6.07 Å². The molecule has 0 bridgehead atoms. The Bertz CT molecular complexity index is 1070. The number of carbonyl (C=O) groups excluding carboxylic acids is 2. The van der Waals surface area contributed by atoms with Crippen molar-refractivity contribution in [2.75, 3.05) is 6.61 Å². The maximum Gasteiger partial charge on any atom is 0.407 e. The summed E-state index contributed by atoms with van der Waals surface area (Å²) >= 11 is 0. The molecular formula is C25H25N3O5. The van der Waals surface area contributed by atoms with Crippen LogP contribution in [-0.4, -0.2) is 41.3 Å². The van der Waals surface area contributed by atoms with Crippen molar-refractivity contribution in [3.05, 3.63) is 59.7 Å². The Morgan fingerprint density at radius 2 is 1.70 bits per heavy atom. The second-order valence-electron chi connectivity index (χ2n) is 8.45. The van der Waals surface area contributed by atoms with Crippen LogP contribution in [0.2, 0.25) is 0 Å². The fraction of sp³-hybridized carbons (Fsp3) is 0.360. The first kappa shape index (κ1) is 22.3. The van der Waals surface area contributed by atoms with E-state index in [9.17, 15) is 19.5 Å². The molecule has 1 unspecified atom stereocenters. The molecule has 2 aliphatic carbocycles. The van der Waals surface area contributed by atoms with Crippen LogP contribution in [0.25, 0.3) is 11.1 Å². The molecule has 2 aromatic rings. The number of ether oxygens (including phenoxy) is 1. The molecule has 33 heavy (non-hydrogen) atoms. The molecule has 2 aliphatic rings. The zero-order valence-corrected chi connectivity index (χ0v) is 18.0. The largest absolute Gasteiger partial charge is 0.480 e. The van der Waals surface area contributed by atoms with Crippen LogP contribution in [0.3, 0.4) is 0 Å². The first-order chi connectivity index (χ1) is 15.9. The molecule has 0 heterocycles. The predicted octanol–water partition coefficient (Wildman–Crippen LogP) is 3.32. The number of amides is 2. The molecule has 0 saturated heterocycles. The van der Waals surface area contributed by atoms with Gasteiger partial charge in [-0.05, 0) is 47.9 Å². The molecule has 2 amide bonds. The Labute approximate surface area is 191 Å². The van der Waals surface area contributed by atoms with Crippen LogP contribution in [0.5, 0.6) is 0 Å². The fourth-order valence-electron chi connectivity index (χ4n) is 4.28. The summed E-state index contributed by atoms with van der Waals surface area (Å²) in [5.74, 6) is -1.79. The van der Waals surface area contributed by atoms with Gasteiger partial charge in [-0.15, -0.1) is 0 Å². The smallest absolute Gasteiger partial charge is 0.407 e. The van der Waals surface area contributed by atoms with Crippen molar-refractivity contribution in [3.63, 3.8) is 0 Å². The normalized spacial score (nSPS) is 16.0. The molecule has 0 spiro atoms. The lowest BCUT2D eigenvalue weighted by Gasteiger charge is -2.21. The van der Waals surface area contributed by atoms with E-state index in [1.807, 2.05) is 54.6 Å². The Balaban J connectivity index is 1.41. The molecule has 1 atom stereocenters. The first-order valence-electron chi connectivity index (χ1n) is 11.0. The van der Waals surface area contributed by atoms with Crippen molar-refractivity contribution in [2.45, 2.75) is 49.6 Å². The van der Waals surface area contributed by atoms with Crippen LogP contribution in [-0.2, 0) is 14.3 Å². The summed E-state index contributed by atoms with van der Waals surface area (Å²) in [5.41, 5.74) is 3.12. The zero-order valence-electron chi connectivity index (χ0n) is 18.0. The predicted molar refractivity (Wildman–Crippen MR) is 119 cm³/mol. The summed E-state index contributed by atoms with van der Waals surface area (Å²) in [6.45, 7) is 0.103. The summed E-state index contributed by atoms with van der Waals surface area (Å²) in [6.07, 6.45) is 0.764. The van der Waals surface area contributed by atoms with E-state index < -0.39 is 29.6 Å². The van der Waals surface area contributed by atoms with Gasteiger partial charge in [-0.25, -0.2) is 9.59 Å². The fourth-order valence-corrected chi connectivity index (χ4v) is 4.28. The number of hydrogen-bond acceptors (Lipinski definition) is 5. The molecular weight excluding hydrogens is 422 g/mol. The molecule has 4 rings (SSSR count). The van der Waals surface area contributed by atoms with E-state index in [1.54, 1.807) is 0 Å². The number of nitrogens with zero attached hydrogens (tertiary/aromatic N) is 1. The highest BCUT2D eigenvalue weighted by atomic mass is 16.5. The van der Waals surface area contributed by atoms with Crippen LogP contribution >= 0.6 is 0 Å². The second-order valence-corrected chi connectivity index (χ2v) is 8.45. The van der Waals surface area contributed by atoms with Gasteiger partial charge in [-0.1, -0.05) is 48.5 Å². The first-order valence-corrected chi connectivity index (χ1v) is 11.0. The number of benzene rings is 2. The van der Waals surface area contributed by atoms with Gasteiger partial charge in [0.25, 0.3) is 0 Å². The van der Waals surface area contributed by atoms with Crippen LogP contribution in [0.15, 0.2) is 48.5 Å². The maximum absolute atomic E-state index is 12.7. The Morgan fingerprint density at radius 1 is 1.09 bits per heavy atom. The summed E-state index contributed by atoms with van der Waals surface area (Å²) in [4.78, 5) is 36.7. The molecule has 1 fully saturated rings. The lowest BCUT2D eigenvalue weighted by molar-refractivity contribution is -0.143. The van der Waals surface area contributed by atoms with E-state index in [0.717, 1.165) is 22.3 Å². The van der Waals surface area contributed by atoms with Crippen molar-refractivity contribution in [2.24, 2.45) is 0 Å². The standard InChI is InChI=1S/C25H25N3O5/c26-14-6-5-11-21(22(29)28-25(12-13-25)23(30)31)27-24(32)33-15-20-18-9-3-1-7-16(18)17-8-2-4-10-19(17)20/h1-4,7-10,20-21H,5-6,11-13,15H2,(H,27,32)(H,28,29)(H,30,31). The van der Waals surface area contributed by atoms with Gasteiger partial charge in [-0.3, -0.25) is 4.79 Å².